The van der Waals surface area contributed by atoms with Crippen molar-refractivity contribution >= 4 is 0 Å². The maximum atomic E-state index is 12.3. The van der Waals surface area contributed by atoms with Crippen molar-refractivity contribution in [3.63, 3.8) is 0 Å². The van der Waals surface area contributed by atoms with E-state index in [1.54, 1.807) is 0 Å². The van der Waals surface area contributed by atoms with Crippen LogP contribution in [0.15, 0.2) is 0 Å². The fourth-order valence-electron chi connectivity index (χ4n) is 0.690. The Morgan fingerprint density at radius 1 is 1.86 bits per heavy atom. The number of nitrogens with one attached hydrogen (secondary N) is 1. The Morgan fingerprint density at radius 2 is 2.71 bits per heavy atom. The van der Waals surface area contributed by atoms with Crippen LogP contribution in [0.1, 0.15) is 14.2 Å². The Kier molecular flexibility index (Phi) is 1.24. The minimum atomic E-state index is -0.786. The first-order valence-corrected chi connectivity index (χ1v) is 2.56. The summed E-state index contributed by atoms with van der Waals surface area (Å²) >= 11 is 0. The largest absolute Gasteiger partial charge is 0.314 e. The molecule has 1 nitrogen and oxygen atoms in total. The highest BCUT2D eigenvalue weighted by atomic mass is 19.1. The second-order valence-electron chi connectivity index (χ2n) is 1.78. The second-order valence-corrected chi connectivity index (χ2v) is 1.78. The van der Waals surface area contributed by atoms with E-state index in [4.69, 9.17) is 1.37 Å². The van der Waals surface area contributed by atoms with Crippen LogP contribution in [0.4, 0.5) is 4.39 Å². The van der Waals surface area contributed by atoms with Crippen molar-refractivity contribution in [3.8, 4) is 0 Å². The van der Waals surface area contributed by atoms with Crippen molar-refractivity contribution in [1.82, 2.24) is 5.32 Å². The number of hydrogen-bond donors (Lipinski definition) is 1. The molecule has 0 amide bonds. The third-order valence-electron chi connectivity index (χ3n) is 1.08. The molecule has 7 heavy (non-hydrogen) atoms. The van der Waals surface area contributed by atoms with Crippen LogP contribution in [0.3, 0.4) is 0 Å². The molecule has 0 aliphatic carbocycles. The highest BCUT2D eigenvalue weighted by Gasteiger charge is 2.08. The maximum absolute atomic E-state index is 12.3. The predicted molar refractivity (Wildman–Crippen MR) is 27.0 cm³/mol. The summed E-state index contributed by atoms with van der Waals surface area (Å²) in [5, 5.41) is 2.82. The zero-order chi connectivity index (χ0) is 5.98. The molecular formula is C5H10FN. The molecule has 0 radical (unpaired) electrons. The van der Waals surface area contributed by atoms with Gasteiger partial charge in [-0.2, -0.15) is 0 Å². The van der Waals surface area contributed by atoms with Crippen LogP contribution in [-0.2, 0) is 0 Å². The SMILES string of the molecule is [2H][C@H]1CNC[C@@H](F)C1. The van der Waals surface area contributed by atoms with Gasteiger partial charge >= 0.3 is 0 Å². The molecule has 42 valence electrons. The van der Waals surface area contributed by atoms with E-state index in [1.165, 1.54) is 0 Å². The summed E-state index contributed by atoms with van der Waals surface area (Å²) in [4.78, 5) is 0. The fourth-order valence-corrected chi connectivity index (χ4v) is 0.690. The van der Waals surface area contributed by atoms with E-state index < -0.39 is 6.17 Å². The molecule has 1 rings (SSSR count). The number of piperidine rings is 1. The van der Waals surface area contributed by atoms with Crippen molar-refractivity contribution in [3.05, 3.63) is 0 Å². The average molecular weight is 104 g/mol. The van der Waals surface area contributed by atoms with Gasteiger partial charge in [0.1, 0.15) is 6.17 Å². The molecule has 0 aromatic heterocycles. The molecule has 0 aromatic carbocycles. The first-order chi connectivity index (χ1) is 3.79. The molecule has 1 fully saturated rings. The Morgan fingerprint density at radius 3 is 3.14 bits per heavy atom. The van der Waals surface area contributed by atoms with Crippen molar-refractivity contribution in [2.24, 2.45) is 0 Å². The molecule has 0 saturated carbocycles. The van der Waals surface area contributed by atoms with E-state index in [9.17, 15) is 4.39 Å². The lowest BCUT2D eigenvalue weighted by molar-refractivity contribution is 0.266. The summed E-state index contributed by atoms with van der Waals surface area (Å²) in [6.45, 7) is 1.09. The van der Waals surface area contributed by atoms with Crippen LogP contribution < -0.4 is 5.32 Å². The van der Waals surface area contributed by atoms with E-state index >= 15 is 0 Å². The van der Waals surface area contributed by atoms with Crippen LogP contribution in [0.5, 0.6) is 0 Å². The topological polar surface area (TPSA) is 12.0 Å². The van der Waals surface area contributed by atoms with E-state index in [0.29, 0.717) is 19.5 Å². The monoisotopic (exact) mass is 104 g/mol. The first kappa shape index (κ1) is 3.84. The molecule has 1 aliphatic heterocycles. The van der Waals surface area contributed by atoms with Gasteiger partial charge in [-0.3, -0.25) is 0 Å². The minimum absolute atomic E-state index is 0.223. The lowest BCUT2D eigenvalue weighted by Crippen LogP contribution is -2.30. The maximum Gasteiger partial charge on any atom is 0.113 e. The predicted octanol–water partition coefficient (Wildman–Crippen LogP) is 0.708. The van der Waals surface area contributed by atoms with Gasteiger partial charge in [-0.05, 0) is 19.4 Å². The van der Waals surface area contributed by atoms with Gasteiger partial charge in [0, 0.05) is 7.92 Å². The summed E-state index contributed by atoms with van der Waals surface area (Å²) < 4.78 is 19.4. The molecule has 2 atom stereocenters. The number of rotatable bonds is 0. The smallest absolute Gasteiger partial charge is 0.113 e. The minimum Gasteiger partial charge on any atom is -0.314 e. The molecule has 0 spiro atoms. The third-order valence-corrected chi connectivity index (χ3v) is 1.08. The van der Waals surface area contributed by atoms with Gasteiger partial charge in [-0.25, -0.2) is 4.39 Å². The molecular weight excluding hydrogens is 93.1 g/mol. The molecule has 0 unspecified atom stereocenters. The molecule has 1 aliphatic rings. The molecule has 1 N–H and O–H groups in total. The van der Waals surface area contributed by atoms with Gasteiger partial charge in [0.15, 0.2) is 0 Å². The molecule has 1 saturated heterocycles. The Balaban J connectivity index is 2.23. The van der Waals surface area contributed by atoms with Gasteiger partial charge < -0.3 is 5.32 Å². The van der Waals surface area contributed by atoms with Crippen molar-refractivity contribution in [2.45, 2.75) is 19.0 Å². The Labute approximate surface area is 44.3 Å². The zero-order valence-corrected chi connectivity index (χ0v) is 4.15. The normalized spacial score (nSPS) is 45.6. The molecule has 2 heteroatoms. The van der Waals surface area contributed by atoms with Gasteiger partial charge in [-0.15, -0.1) is 0 Å². The van der Waals surface area contributed by atoms with Crippen molar-refractivity contribution in [2.75, 3.05) is 13.1 Å². The second kappa shape index (κ2) is 2.26. The summed E-state index contributed by atoms with van der Waals surface area (Å²) in [5.41, 5.74) is 0. The quantitative estimate of drug-likeness (QED) is 0.477. The lowest BCUT2D eigenvalue weighted by Gasteiger charge is -2.14. The summed E-state index contributed by atoms with van der Waals surface area (Å²) in [7, 11) is 0. The summed E-state index contributed by atoms with van der Waals surface area (Å²) in [5.74, 6) is 0. The zero-order valence-electron chi connectivity index (χ0n) is 5.15. The van der Waals surface area contributed by atoms with Crippen LogP contribution in [0, 0.1) is 0 Å². The summed E-state index contributed by atoms with van der Waals surface area (Å²) in [6, 6.07) is 0. The van der Waals surface area contributed by atoms with Crippen LogP contribution in [-0.4, -0.2) is 19.3 Å². The molecule has 0 bridgehead atoms. The lowest BCUT2D eigenvalue weighted by atomic mass is 10.1. The highest BCUT2D eigenvalue weighted by molar-refractivity contribution is 4.66. The van der Waals surface area contributed by atoms with Gasteiger partial charge in [0.25, 0.3) is 0 Å². The molecule has 1 heterocycles. The van der Waals surface area contributed by atoms with Gasteiger partial charge in [-0.1, -0.05) is 0 Å². The Hall–Kier alpha value is -0.110. The van der Waals surface area contributed by atoms with E-state index in [0.717, 1.165) is 0 Å². The van der Waals surface area contributed by atoms with Crippen LogP contribution in [0.25, 0.3) is 0 Å². The number of halogens is 1. The number of hydrogen-bond acceptors (Lipinski definition) is 1. The van der Waals surface area contributed by atoms with E-state index in [1.807, 2.05) is 0 Å². The van der Waals surface area contributed by atoms with E-state index in [2.05, 4.69) is 5.32 Å². The Bertz CT molecular complexity index is 70.8. The summed E-state index contributed by atoms with van der Waals surface area (Å²) in [6.07, 6.45) is -0.600. The number of alkyl halides is 1. The van der Waals surface area contributed by atoms with Crippen molar-refractivity contribution < 1.29 is 5.76 Å². The molecule has 0 aromatic rings. The average Bonchev–Trinajstić information content (AvgIpc) is 1.64. The van der Waals surface area contributed by atoms with Gasteiger partial charge in [0.05, 0.1) is 0 Å². The fraction of sp³-hybridized carbons (Fsp3) is 1.00. The van der Waals surface area contributed by atoms with Crippen LogP contribution in [0.2, 0.25) is 0 Å². The van der Waals surface area contributed by atoms with Crippen molar-refractivity contribution in [1.29, 1.82) is 0 Å². The highest BCUT2D eigenvalue weighted by Crippen LogP contribution is 2.03. The third kappa shape index (κ3) is 1.43. The van der Waals surface area contributed by atoms with E-state index in [-0.39, 0.29) is 6.40 Å². The standard InChI is InChI=1S/C5H10FN/c6-5-2-1-3-7-4-5/h5,7H,1-4H2/t5-/m0/s1/i1D/t1-,5+/m1. The first-order valence-electron chi connectivity index (χ1n) is 3.14. The van der Waals surface area contributed by atoms with Crippen LogP contribution >= 0.6 is 0 Å². The van der Waals surface area contributed by atoms with Gasteiger partial charge in [0.2, 0.25) is 0 Å².